The summed E-state index contributed by atoms with van der Waals surface area (Å²) >= 11 is 1.61. The van der Waals surface area contributed by atoms with Crippen LogP contribution >= 0.6 is 11.8 Å². The summed E-state index contributed by atoms with van der Waals surface area (Å²) in [5.41, 5.74) is 9.52. The van der Waals surface area contributed by atoms with Crippen molar-refractivity contribution < 1.29 is 9.50 Å². The Morgan fingerprint density at radius 2 is 2.15 bits per heavy atom. The Morgan fingerprint density at radius 3 is 2.93 bits per heavy atom. The number of thioether (sulfide) groups is 1. The van der Waals surface area contributed by atoms with E-state index in [0.29, 0.717) is 22.6 Å². The van der Waals surface area contributed by atoms with Crippen LogP contribution in [-0.2, 0) is 12.0 Å². The monoisotopic (exact) mass is 383 g/mol. The van der Waals surface area contributed by atoms with Gasteiger partial charge in [0.25, 0.3) is 0 Å². The number of halogens is 1. The fourth-order valence-electron chi connectivity index (χ4n) is 5.28. The average Bonchev–Trinajstić information content (AvgIpc) is 3.04. The van der Waals surface area contributed by atoms with Crippen molar-refractivity contribution in [3.8, 4) is 11.1 Å². The van der Waals surface area contributed by atoms with Gasteiger partial charge in [-0.2, -0.15) is 4.39 Å². The van der Waals surface area contributed by atoms with Crippen molar-refractivity contribution in [2.75, 3.05) is 5.75 Å². The van der Waals surface area contributed by atoms with Gasteiger partial charge in [0, 0.05) is 17.5 Å². The zero-order valence-electron chi connectivity index (χ0n) is 14.9. The normalized spacial score (nSPS) is 32.1. The van der Waals surface area contributed by atoms with Crippen molar-refractivity contribution in [1.82, 2.24) is 4.98 Å². The van der Waals surface area contributed by atoms with Gasteiger partial charge in [-0.05, 0) is 72.4 Å². The van der Waals surface area contributed by atoms with Crippen LogP contribution in [-0.4, -0.2) is 27.1 Å². The Kier molecular flexibility index (Phi) is 4.02. The largest absolute Gasteiger partial charge is 0.393 e. The lowest BCUT2D eigenvalue weighted by molar-refractivity contribution is 0.0347. The topological polar surface area (TPSA) is 71.5 Å². The molecule has 3 N–H and O–H groups in total. The number of nitrogens with two attached hydrogens (primary N) is 1. The first-order valence-corrected chi connectivity index (χ1v) is 10.5. The molecule has 2 aliphatic carbocycles. The van der Waals surface area contributed by atoms with Gasteiger partial charge in [-0.1, -0.05) is 23.9 Å². The van der Waals surface area contributed by atoms with E-state index in [-0.39, 0.29) is 11.6 Å². The van der Waals surface area contributed by atoms with Crippen LogP contribution in [0.15, 0.2) is 41.5 Å². The quantitative estimate of drug-likeness (QED) is 0.740. The molecule has 1 saturated carbocycles. The van der Waals surface area contributed by atoms with E-state index in [9.17, 15) is 9.50 Å². The van der Waals surface area contributed by atoms with Gasteiger partial charge in [0.05, 0.1) is 6.10 Å². The molecule has 2 aromatic rings. The Balaban J connectivity index is 1.67. The van der Waals surface area contributed by atoms with Crippen molar-refractivity contribution >= 4 is 16.9 Å². The lowest BCUT2D eigenvalue weighted by Crippen LogP contribution is -2.47. The van der Waals surface area contributed by atoms with Crippen molar-refractivity contribution in [1.29, 1.82) is 0 Å². The number of benzene rings is 1. The standard InChI is InChI=1S/C21H22FN3OS/c22-19-16(2-1-7-24-19)12-3-4-13-8-14-9-15(26)5-6-17(14)21(18(13)10-12)11-27-20(23)25-21/h1-4,7,10,14-15,17,26H,5-6,8-9,11H2,(H2,23,25)/t14-,15+,17-,21+/m1/s1. The highest BCUT2D eigenvalue weighted by Gasteiger charge is 2.52. The highest BCUT2D eigenvalue weighted by atomic mass is 32.2. The van der Waals surface area contributed by atoms with Crippen LogP contribution in [0, 0.1) is 17.8 Å². The molecule has 27 heavy (non-hydrogen) atoms. The van der Waals surface area contributed by atoms with E-state index in [1.165, 1.54) is 17.3 Å². The van der Waals surface area contributed by atoms with E-state index in [1.54, 1.807) is 23.9 Å². The number of nitrogens with zero attached hydrogens (tertiary/aromatic N) is 2. The minimum absolute atomic E-state index is 0.219. The zero-order chi connectivity index (χ0) is 18.6. The molecule has 1 aromatic heterocycles. The molecule has 1 spiro atoms. The van der Waals surface area contributed by atoms with Crippen LogP contribution in [0.25, 0.3) is 11.1 Å². The summed E-state index contributed by atoms with van der Waals surface area (Å²) in [5.74, 6) is 1.15. The van der Waals surface area contributed by atoms with E-state index >= 15 is 0 Å². The summed E-state index contributed by atoms with van der Waals surface area (Å²) in [6.45, 7) is 0. The first-order valence-electron chi connectivity index (χ1n) is 9.47. The summed E-state index contributed by atoms with van der Waals surface area (Å²) in [4.78, 5) is 8.75. The molecule has 1 aromatic carbocycles. The molecule has 1 aliphatic heterocycles. The Labute approximate surface area is 162 Å². The highest BCUT2D eigenvalue weighted by Crippen LogP contribution is 2.55. The number of aliphatic imine (C=N–C) groups is 1. The van der Waals surface area contributed by atoms with Crippen molar-refractivity contribution in [3.05, 3.63) is 53.6 Å². The van der Waals surface area contributed by atoms with Crippen LogP contribution in [0.2, 0.25) is 0 Å². The third-order valence-corrected chi connectivity index (χ3v) is 7.42. The number of amidine groups is 1. The summed E-state index contributed by atoms with van der Waals surface area (Å²) in [7, 11) is 0. The van der Waals surface area contributed by atoms with E-state index < -0.39 is 5.95 Å². The van der Waals surface area contributed by atoms with E-state index in [4.69, 9.17) is 10.7 Å². The maximum absolute atomic E-state index is 14.3. The predicted octanol–water partition coefficient (Wildman–Crippen LogP) is 3.48. The third kappa shape index (κ3) is 2.69. The van der Waals surface area contributed by atoms with E-state index in [0.717, 1.165) is 37.0 Å². The SMILES string of the molecule is NC1=N[C@]2(CS1)c1cc(-c3cccnc3F)ccc1C[C@@H]1C[C@@H](O)CC[C@H]12. The molecule has 0 radical (unpaired) electrons. The number of aromatic nitrogens is 1. The summed E-state index contributed by atoms with van der Waals surface area (Å²) in [5, 5.41) is 10.8. The van der Waals surface area contributed by atoms with Crippen molar-refractivity contribution in [2.24, 2.45) is 22.6 Å². The fraction of sp³-hybridized carbons (Fsp3) is 0.429. The van der Waals surface area contributed by atoms with Crippen LogP contribution in [0.4, 0.5) is 4.39 Å². The molecule has 0 saturated heterocycles. The predicted molar refractivity (Wildman–Crippen MR) is 106 cm³/mol. The number of aliphatic hydroxyl groups is 1. The molecular formula is C21H22FN3OS. The number of hydrogen-bond acceptors (Lipinski definition) is 5. The number of pyridine rings is 1. The Hall–Kier alpha value is -1.92. The third-order valence-electron chi connectivity index (χ3n) is 6.45. The van der Waals surface area contributed by atoms with E-state index in [1.807, 2.05) is 6.07 Å². The molecule has 140 valence electrons. The number of aliphatic hydroxyl groups excluding tert-OH is 1. The van der Waals surface area contributed by atoms with Gasteiger partial charge in [-0.15, -0.1) is 0 Å². The van der Waals surface area contributed by atoms with Gasteiger partial charge in [0.15, 0.2) is 5.17 Å². The van der Waals surface area contributed by atoms with Gasteiger partial charge < -0.3 is 10.8 Å². The molecule has 1 fully saturated rings. The second-order valence-corrected chi connectivity index (χ2v) is 8.91. The molecular weight excluding hydrogens is 361 g/mol. The van der Waals surface area contributed by atoms with Crippen LogP contribution < -0.4 is 5.73 Å². The molecule has 0 bridgehead atoms. The van der Waals surface area contributed by atoms with Gasteiger partial charge in [-0.25, -0.2) is 4.98 Å². The molecule has 4 nitrogen and oxygen atoms in total. The lowest BCUT2D eigenvalue weighted by Gasteiger charge is -2.48. The first-order chi connectivity index (χ1) is 13.1. The summed E-state index contributed by atoms with van der Waals surface area (Å²) < 4.78 is 14.3. The maximum atomic E-state index is 14.3. The van der Waals surface area contributed by atoms with Gasteiger partial charge in [0.1, 0.15) is 5.54 Å². The first kappa shape index (κ1) is 17.2. The molecule has 4 atom stereocenters. The van der Waals surface area contributed by atoms with Crippen LogP contribution in [0.1, 0.15) is 30.4 Å². The maximum Gasteiger partial charge on any atom is 0.220 e. The van der Waals surface area contributed by atoms with Gasteiger partial charge in [0.2, 0.25) is 5.95 Å². The molecule has 3 aliphatic rings. The molecule has 6 heteroatoms. The second kappa shape index (κ2) is 6.31. The Bertz CT molecular complexity index is 933. The fourth-order valence-corrected chi connectivity index (χ4v) is 6.30. The minimum atomic E-state index is -0.454. The van der Waals surface area contributed by atoms with Crippen molar-refractivity contribution in [2.45, 2.75) is 37.3 Å². The number of fused-ring (bicyclic) bond motifs is 4. The second-order valence-electron chi connectivity index (χ2n) is 7.91. The minimum Gasteiger partial charge on any atom is -0.393 e. The van der Waals surface area contributed by atoms with Gasteiger partial charge >= 0.3 is 0 Å². The highest BCUT2D eigenvalue weighted by molar-refractivity contribution is 8.14. The molecule has 5 rings (SSSR count). The lowest BCUT2D eigenvalue weighted by atomic mass is 9.59. The van der Waals surface area contributed by atoms with Crippen LogP contribution in [0.3, 0.4) is 0 Å². The van der Waals surface area contributed by atoms with Gasteiger partial charge in [-0.3, -0.25) is 4.99 Å². The Morgan fingerprint density at radius 1 is 1.26 bits per heavy atom. The van der Waals surface area contributed by atoms with Crippen LogP contribution in [0.5, 0.6) is 0 Å². The average molecular weight is 383 g/mol. The number of hydrogen-bond donors (Lipinski definition) is 2. The van der Waals surface area contributed by atoms with Crippen molar-refractivity contribution in [3.63, 3.8) is 0 Å². The molecule has 0 amide bonds. The summed E-state index contributed by atoms with van der Waals surface area (Å²) in [6.07, 6.45) is 4.78. The zero-order valence-corrected chi connectivity index (χ0v) is 15.8. The molecule has 2 heterocycles. The van der Waals surface area contributed by atoms with E-state index in [2.05, 4.69) is 17.1 Å². The summed E-state index contributed by atoms with van der Waals surface area (Å²) in [6, 6.07) is 9.69. The molecule has 0 unspecified atom stereocenters. The number of rotatable bonds is 1. The smallest absolute Gasteiger partial charge is 0.220 e.